The van der Waals surface area contributed by atoms with Gasteiger partial charge in [0, 0.05) is 13.1 Å². The summed E-state index contributed by atoms with van der Waals surface area (Å²) in [5, 5.41) is 7.14. The summed E-state index contributed by atoms with van der Waals surface area (Å²) in [6.45, 7) is 1.89. The third kappa shape index (κ3) is 1.20. The molecule has 62 valence electrons. The van der Waals surface area contributed by atoms with Crippen molar-refractivity contribution in [1.82, 2.24) is 4.90 Å². The zero-order valence-electron chi connectivity index (χ0n) is 6.96. The predicted octanol–water partition coefficient (Wildman–Crippen LogP) is 1.65. The van der Waals surface area contributed by atoms with Gasteiger partial charge in [-0.05, 0) is 17.5 Å². The second-order valence-corrected chi connectivity index (χ2v) is 3.12. The fourth-order valence-electron chi connectivity index (χ4n) is 1.63. The van der Waals surface area contributed by atoms with Crippen molar-refractivity contribution in [3.8, 4) is 0 Å². The minimum atomic E-state index is 0.902. The number of rotatable bonds is 1. The number of hydrogen-bond donors (Lipinski definition) is 1. The van der Waals surface area contributed by atoms with Gasteiger partial charge < -0.3 is 4.90 Å². The van der Waals surface area contributed by atoms with E-state index in [0.717, 1.165) is 19.5 Å². The standard InChI is InChI=1S/C10H12N2/c11-8-12-6-5-9-3-1-2-4-10(9)7-12/h1-4,8,11H,5-7H2. The highest BCUT2D eigenvalue weighted by Crippen LogP contribution is 2.16. The van der Waals surface area contributed by atoms with Crippen molar-refractivity contribution in [2.24, 2.45) is 0 Å². The van der Waals surface area contributed by atoms with Crippen molar-refractivity contribution in [2.45, 2.75) is 13.0 Å². The van der Waals surface area contributed by atoms with Crippen LogP contribution in [0, 0.1) is 5.41 Å². The summed E-state index contributed by atoms with van der Waals surface area (Å²) >= 11 is 0. The molecule has 1 heterocycles. The first-order valence-corrected chi connectivity index (χ1v) is 4.21. The summed E-state index contributed by atoms with van der Waals surface area (Å²) in [7, 11) is 0. The highest BCUT2D eigenvalue weighted by Gasteiger charge is 2.11. The van der Waals surface area contributed by atoms with E-state index in [1.807, 2.05) is 4.90 Å². The lowest BCUT2D eigenvalue weighted by atomic mass is 10.0. The number of hydrogen-bond acceptors (Lipinski definition) is 1. The average Bonchev–Trinajstić information content (AvgIpc) is 2.17. The maximum atomic E-state index is 7.14. The molecule has 2 rings (SSSR count). The van der Waals surface area contributed by atoms with Crippen LogP contribution in [0.4, 0.5) is 0 Å². The van der Waals surface area contributed by atoms with Crippen LogP contribution in [0.15, 0.2) is 24.3 Å². The van der Waals surface area contributed by atoms with Crippen LogP contribution in [0.3, 0.4) is 0 Å². The van der Waals surface area contributed by atoms with E-state index in [2.05, 4.69) is 24.3 Å². The van der Waals surface area contributed by atoms with Gasteiger partial charge in [-0.3, -0.25) is 5.41 Å². The topological polar surface area (TPSA) is 27.1 Å². The Morgan fingerprint density at radius 1 is 1.25 bits per heavy atom. The number of benzene rings is 1. The number of fused-ring (bicyclic) bond motifs is 1. The van der Waals surface area contributed by atoms with E-state index < -0.39 is 0 Å². The molecule has 1 aliphatic heterocycles. The molecule has 2 nitrogen and oxygen atoms in total. The monoisotopic (exact) mass is 160 g/mol. The molecule has 1 aliphatic rings. The molecule has 0 saturated carbocycles. The van der Waals surface area contributed by atoms with Crippen molar-refractivity contribution >= 4 is 6.34 Å². The van der Waals surface area contributed by atoms with Gasteiger partial charge in [0.1, 0.15) is 0 Å². The SMILES string of the molecule is N=CN1CCc2ccccc2C1. The quantitative estimate of drug-likeness (QED) is 0.491. The Morgan fingerprint density at radius 3 is 2.75 bits per heavy atom. The van der Waals surface area contributed by atoms with Crippen LogP contribution in [-0.4, -0.2) is 17.8 Å². The van der Waals surface area contributed by atoms with E-state index in [-0.39, 0.29) is 0 Å². The molecule has 0 aliphatic carbocycles. The maximum absolute atomic E-state index is 7.14. The molecule has 2 heteroatoms. The zero-order valence-corrected chi connectivity index (χ0v) is 6.96. The highest BCUT2D eigenvalue weighted by atomic mass is 15.1. The summed E-state index contributed by atoms with van der Waals surface area (Å²) in [4.78, 5) is 2.03. The fraction of sp³-hybridized carbons (Fsp3) is 0.300. The largest absolute Gasteiger partial charge is 0.358 e. The van der Waals surface area contributed by atoms with Gasteiger partial charge in [0.05, 0.1) is 6.34 Å². The summed E-state index contributed by atoms with van der Waals surface area (Å²) in [6, 6.07) is 8.47. The van der Waals surface area contributed by atoms with Crippen LogP contribution >= 0.6 is 0 Å². The van der Waals surface area contributed by atoms with Crippen LogP contribution in [0.25, 0.3) is 0 Å². The molecule has 0 radical (unpaired) electrons. The van der Waals surface area contributed by atoms with Crippen molar-refractivity contribution in [3.05, 3.63) is 35.4 Å². The minimum Gasteiger partial charge on any atom is -0.358 e. The molecule has 0 fully saturated rings. The van der Waals surface area contributed by atoms with E-state index in [1.165, 1.54) is 17.5 Å². The summed E-state index contributed by atoms with van der Waals surface area (Å²) in [5.41, 5.74) is 2.81. The highest BCUT2D eigenvalue weighted by molar-refractivity contribution is 5.52. The first-order valence-electron chi connectivity index (χ1n) is 4.21. The van der Waals surface area contributed by atoms with Crippen LogP contribution in [-0.2, 0) is 13.0 Å². The Morgan fingerprint density at radius 2 is 2.00 bits per heavy atom. The first kappa shape index (κ1) is 7.35. The van der Waals surface area contributed by atoms with Gasteiger partial charge in [0.2, 0.25) is 0 Å². The molecule has 12 heavy (non-hydrogen) atoms. The summed E-state index contributed by atoms with van der Waals surface area (Å²) in [6.07, 6.45) is 2.50. The third-order valence-electron chi connectivity index (χ3n) is 2.34. The van der Waals surface area contributed by atoms with E-state index in [1.54, 1.807) is 0 Å². The van der Waals surface area contributed by atoms with Crippen molar-refractivity contribution < 1.29 is 0 Å². The molecule has 1 aromatic carbocycles. The Kier molecular flexibility index (Phi) is 1.82. The summed E-state index contributed by atoms with van der Waals surface area (Å²) in [5.74, 6) is 0. The molecule has 0 saturated heterocycles. The van der Waals surface area contributed by atoms with Crippen molar-refractivity contribution in [3.63, 3.8) is 0 Å². The Labute approximate surface area is 72.3 Å². The van der Waals surface area contributed by atoms with Crippen LogP contribution < -0.4 is 0 Å². The van der Waals surface area contributed by atoms with E-state index in [4.69, 9.17) is 5.41 Å². The smallest absolute Gasteiger partial charge is 0.0820 e. The lowest BCUT2D eigenvalue weighted by molar-refractivity contribution is 0.403. The Hall–Kier alpha value is -1.31. The number of nitrogens with zero attached hydrogens (tertiary/aromatic N) is 1. The molecular weight excluding hydrogens is 148 g/mol. The minimum absolute atomic E-state index is 0.902. The van der Waals surface area contributed by atoms with Gasteiger partial charge in [-0.2, -0.15) is 0 Å². The van der Waals surface area contributed by atoms with Crippen molar-refractivity contribution in [1.29, 1.82) is 5.41 Å². The van der Waals surface area contributed by atoms with E-state index >= 15 is 0 Å². The van der Waals surface area contributed by atoms with Gasteiger partial charge >= 0.3 is 0 Å². The maximum Gasteiger partial charge on any atom is 0.0820 e. The third-order valence-corrected chi connectivity index (χ3v) is 2.34. The molecule has 0 unspecified atom stereocenters. The Bertz CT molecular complexity index is 294. The van der Waals surface area contributed by atoms with Crippen molar-refractivity contribution in [2.75, 3.05) is 6.54 Å². The van der Waals surface area contributed by atoms with E-state index in [0.29, 0.717) is 0 Å². The molecule has 0 aromatic heterocycles. The van der Waals surface area contributed by atoms with E-state index in [9.17, 15) is 0 Å². The summed E-state index contributed by atoms with van der Waals surface area (Å²) < 4.78 is 0. The fourth-order valence-corrected chi connectivity index (χ4v) is 1.63. The van der Waals surface area contributed by atoms with Gasteiger partial charge in [0.15, 0.2) is 0 Å². The normalized spacial score (nSPS) is 15.5. The lowest BCUT2D eigenvalue weighted by Gasteiger charge is -2.26. The van der Waals surface area contributed by atoms with Gasteiger partial charge in [-0.1, -0.05) is 24.3 Å². The van der Waals surface area contributed by atoms with Crippen LogP contribution in [0.5, 0.6) is 0 Å². The zero-order chi connectivity index (χ0) is 8.39. The lowest BCUT2D eigenvalue weighted by Crippen LogP contribution is -2.28. The van der Waals surface area contributed by atoms with Crippen LogP contribution in [0.1, 0.15) is 11.1 Å². The van der Waals surface area contributed by atoms with Gasteiger partial charge in [-0.15, -0.1) is 0 Å². The molecule has 0 bridgehead atoms. The molecule has 0 atom stereocenters. The molecule has 0 amide bonds. The Balaban J connectivity index is 2.28. The first-order chi connectivity index (χ1) is 5.90. The molecular formula is C10H12N2. The molecule has 1 N–H and O–H groups in total. The average molecular weight is 160 g/mol. The second-order valence-electron chi connectivity index (χ2n) is 3.12. The number of nitrogens with one attached hydrogen (secondary N) is 1. The molecule has 1 aromatic rings. The van der Waals surface area contributed by atoms with Gasteiger partial charge in [0.25, 0.3) is 0 Å². The predicted molar refractivity (Wildman–Crippen MR) is 49.3 cm³/mol. The van der Waals surface area contributed by atoms with Crippen LogP contribution in [0.2, 0.25) is 0 Å². The van der Waals surface area contributed by atoms with Gasteiger partial charge in [-0.25, -0.2) is 0 Å². The molecule has 0 spiro atoms. The second kappa shape index (κ2) is 2.97.